The smallest absolute Gasteiger partial charge is 0.218 e. The first-order valence-corrected chi connectivity index (χ1v) is 8.40. The number of nitrogens with one attached hydrogen (secondary N) is 1. The number of hydrogen-bond donors (Lipinski definition) is 2. The summed E-state index contributed by atoms with van der Waals surface area (Å²) in [7, 11) is -3.15. The van der Waals surface area contributed by atoms with Crippen molar-refractivity contribution >= 4 is 10.0 Å². The largest absolute Gasteiger partial charge is 0.393 e. The van der Waals surface area contributed by atoms with Gasteiger partial charge >= 0.3 is 0 Å². The Labute approximate surface area is 110 Å². The van der Waals surface area contributed by atoms with Crippen molar-refractivity contribution in [3.8, 4) is 0 Å². The Kier molecular flexibility index (Phi) is 4.64. The van der Waals surface area contributed by atoms with Crippen molar-refractivity contribution in [1.29, 1.82) is 0 Å². The van der Waals surface area contributed by atoms with Crippen LogP contribution in [0.2, 0.25) is 0 Å². The van der Waals surface area contributed by atoms with Gasteiger partial charge in [-0.05, 0) is 45.1 Å². The minimum absolute atomic E-state index is 0.251. The standard InChI is InChI=1S/C12H24N2O3S/c1-10(15)11-4-7-14(8-5-11)18(16,17)12-3-2-6-13-9-12/h10-13,15H,2-9H2,1H3. The Hall–Kier alpha value is -0.170. The summed E-state index contributed by atoms with van der Waals surface area (Å²) in [5.74, 6) is 0.251. The highest BCUT2D eigenvalue weighted by molar-refractivity contribution is 7.89. The molecule has 5 nitrogen and oxygen atoms in total. The topological polar surface area (TPSA) is 69.6 Å². The van der Waals surface area contributed by atoms with E-state index in [1.807, 2.05) is 0 Å². The number of sulfonamides is 1. The number of piperidine rings is 2. The van der Waals surface area contributed by atoms with Crippen molar-refractivity contribution in [1.82, 2.24) is 9.62 Å². The van der Waals surface area contributed by atoms with Crippen LogP contribution in [0.15, 0.2) is 0 Å². The summed E-state index contributed by atoms with van der Waals surface area (Å²) in [6.45, 7) is 4.43. The van der Waals surface area contributed by atoms with E-state index in [0.717, 1.165) is 32.2 Å². The lowest BCUT2D eigenvalue weighted by molar-refractivity contribution is 0.0909. The maximum atomic E-state index is 12.4. The second-order valence-electron chi connectivity index (χ2n) is 5.49. The summed E-state index contributed by atoms with van der Waals surface area (Å²) < 4.78 is 26.5. The molecule has 2 aliphatic rings. The molecule has 0 bridgehead atoms. The molecule has 2 rings (SSSR count). The summed E-state index contributed by atoms with van der Waals surface area (Å²) in [5, 5.41) is 12.4. The third-order valence-corrected chi connectivity index (χ3v) is 6.54. The van der Waals surface area contributed by atoms with Gasteiger partial charge in [-0.2, -0.15) is 0 Å². The zero-order chi connectivity index (χ0) is 13.2. The van der Waals surface area contributed by atoms with E-state index in [0.29, 0.717) is 19.6 Å². The van der Waals surface area contributed by atoms with Crippen LogP contribution in [0.25, 0.3) is 0 Å². The molecule has 0 radical (unpaired) electrons. The van der Waals surface area contributed by atoms with E-state index in [1.165, 1.54) is 0 Å². The Morgan fingerprint density at radius 2 is 1.94 bits per heavy atom. The maximum absolute atomic E-state index is 12.4. The van der Waals surface area contributed by atoms with Gasteiger partial charge < -0.3 is 10.4 Å². The Morgan fingerprint density at radius 3 is 2.44 bits per heavy atom. The summed E-state index contributed by atoms with van der Waals surface area (Å²) in [5.41, 5.74) is 0. The van der Waals surface area contributed by atoms with Gasteiger partial charge in [0.25, 0.3) is 0 Å². The molecule has 2 aliphatic heterocycles. The van der Waals surface area contributed by atoms with Crippen molar-refractivity contribution in [2.45, 2.75) is 44.0 Å². The minimum Gasteiger partial charge on any atom is -0.393 e. The molecule has 0 saturated carbocycles. The zero-order valence-electron chi connectivity index (χ0n) is 11.0. The van der Waals surface area contributed by atoms with Gasteiger partial charge in [0, 0.05) is 19.6 Å². The molecular weight excluding hydrogens is 252 g/mol. The first-order valence-electron chi connectivity index (χ1n) is 6.89. The first-order chi connectivity index (χ1) is 8.51. The molecule has 2 unspecified atom stereocenters. The molecule has 2 fully saturated rings. The van der Waals surface area contributed by atoms with Crippen molar-refractivity contribution < 1.29 is 13.5 Å². The number of nitrogens with zero attached hydrogens (tertiary/aromatic N) is 1. The molecule has 0 amide bonds. The van der Waals surface area contributed by atoms with Gasteiger partial charge in [0.05, 0.1) is 11.4 Å². The molecule has 0 aromatic heterocycles. The maximum Gasteiger partial charge on any atom is 0.218 e. The summed E-state index contributed by atoms with van der Waals surface area (Å²) in [4.78, 5) is 0. The van der Waals surface area contributed by atoms with Crippen LogP contribution in [-0.4, -0.2) is 55.4 Å². The van der Waals surface area contributed by atoms with E-state index in [4.69, 9.17) is 0 Å². The van der Waals surface area contributed by atoms with Gasteiger partial charge in [-0.25, -0.2) is 12.7 Å². The van der Waals surface area contributed by atoms with Crippen molar-refractivity contribution in [2.75, 3.05) is 26.2 Å². The van der Waals surface area contributed by atoms with Crippen molar-refractivity contribution in [3.63, 3.8) is 0 Å². The molecule has 18 heavy (non-hydrogen) atoms. The van der Waals surface area contributed by atoms with E-state index in [1.54, 1.807) is 11.2 Å². The van der Waals surface area contributed by atoms with Crippen LogP contribution in [-0.2, 0) is 10.0 Å². The molecule has 2 atom stereocenters. The average Bonchev–Trinajstić information content (AvgIpc) is 2.40. The molecule has 106 valence electrons. The minimum atomic E-state index is -3.15. The SMILES string of the molecule is CC(O)C1CCN(S(=O)(=O)C2CCCNC2)CC1. The Balaban J connectivity index is 1.95. The van der Waals surface area contributed by atoms with Crippen LogP contribution in [0, 0.1) is 5.92 Å². The molecule has 2 heterocycles. The van der Waals surface area contributed by atoms with Gasteiger partial charge in [-0.3, -0.25) is 0 Å². The summed E-state index contributed by atoms with van der Waals surface area (Å²) in [6.07, 6.45) is 2.93. The zero-order valence-corrected chi connectivity index (χ0v) is 11.8. The van der Waals surface area contributed by atoms with E-state index in [2.05, 4.69) is 5.32 Å². The van der Waals surface area contributed by atoms with Crippen molar-refractivity contribution in [3.05, 3.63) is 0 Å². The molecule has 2 N–H and O–H groups in total. The molecule has 0 aromatic rings. The van der Waals surface area contributed by atoms with Crippen molar-refractivity contribution in [2.24, 2.45) is 5.92 Å². The number of hydrogen-bond acceptors (Lipinski definition) is 4. The van der Waals surface area contributed by atoms with E-state index in [9.17, 15) is 13.5 Å². The van der Waals surface area contributed by atoms with E-state index < -0.39 is 10.0 Å². The third kappa shape index (κ3) is 3.04. The molecular formula is C12H24N2O3S. The summed E-state index contributed by atoms with van der Waals surface area (Å²) in [6, 6.07) is 0. The van der Waals surface area contributed by atoms with E-state index in [-0.39, 0.29) is 17.3 Å². The Bertz CT molecular complexity index is 356. The molecule has 6 heteroatoms. The predicted molar refractivity (Wildman–Crippen MR) is 70.8 cm³/mol. The third-order valence-electron chi connectivity index (χ3n) is 4.21. The second-order valence-corrected chi connectivity index (χ2v) is 7.70. The monoisotopic (exact) mass is 276 g/mol. The first kappa shape index (κ1) is 14.2. The highest BCUT2D eigenvalue weighted by Gasteiger charge is 2.35. The van der Waals surface area contributed by atoms with Crippen LogP contribution in [0.3, 0.4) is 0 Å². The van der Waals surface area contributed by atoms with Crippen LogP contribution in [0.4, 0.5) is 0 Å². The van der Waals surface area contributed by atoms with Gasteiger partial charge in [0.1, 0.15) is 0 Å². The van der Waals surface area contributed by atoms with Crippen LogP contribution < -0.4 is 5.32 Å². The highest BCUT2D eigenvalue weighted by Crippen LogP contribution is 2.25. The van der Waals surface area contributed by atoms with Crippen LogP contribution in [0.1, 0.15) is 32.6 Å². The molecule has 2 saturated heterocycles. The Morgan fingerprint density at radius 1 is 1.28 bits per heavy atom. The summed E-state index contributed by atoms with van der Waals surface area (Å²) >= 11 is 0. The lowest BCUT2D eigenvalue weighted by Crippen LogP contribution is -2.49. The average molecular weight is 276 g/mol. The highest BCUT2D eigenvalue weighted by atomic mass is 32.2. The van der Waals surface area contributed by atoms with Crippen LogP contribution in [0.5, 0.6) is 0 Å². The normalized spacial score (nSPS) is 30.2. The fraction of sp³-hybridized carbons (Fsp3) is 1.00. The van der Waals surface area contributed by atoms with Gasteiger partial charge in [0.2, 0.25) is 10.0 Å². The molecule has 0 aromatic carbocycles. The second kappa shape index (κ2) is 5.86. The lowest BCUT2D eigenvalue weighted by Gasteiger charge is -2.35. The fourth-order valence-corrected chi connectivity index (χ4v) is 4.83. The van der Waals surface area contributed by atoms with E-state index >= 15 is 0 Å². The molecule has 0 aliphatic carbocycles. The van der Waals surface area contributed by atoms with Gasteiger partial charge in [-0.1, -0.05) is 0 Å². The lowest BCUT2D eigenvalue weighted by atomic mass is 9.93. The predicted octanol–water partition coefficient (Wildman–Crippen LogP) is 0.161. The fourth-order valence-electron chi connectivity index (χ4n) is 2.90. The quantitative estimate of drug-likeness (QED) is 0.770. The number of rotatable bonds is 3. The number of aliphatic hydroxyl groups is 1. The number of aliphatic hydroxyl groups excluding tert-OH is 1. The molecule has 0 spiro atoms. The van der Waals surface area contributed by atoms with Crippen LogP contribution >= 0.6 is 0 Å². The van der Waals surface area contributed by atoms with Gasteiger partial charge in [-0.15, -0.1) is 0 Å². The van der Waals surface area contributed by atoms with Gasteiger partial charge in [0.15, 0.2) is 0 Å².